The van der Waals surface area contributed by atoms with E-state index in [-0.39, 0.29) is 24.0 Å². The Morgan fingerprint density at radius 3 is 2.56 bits per heavy atom. The Kier molecular flexibility index (Phi) is 5.06. The van der Waals surface area contributed by atoms with Gasteiger partial charge in [0.05, 0.1) is 31.4 Å². The number of morpholine rings is 1. The van der Waals surface area contributed by atoms with Crippen LogP contribution in [0.2, 0.25) is 0 Å². The lowest BCUT2D eigenvalue weighted by molar-refractivity contribution is -0.145. The minimum Gasteiger partial charge on any atom is -0.393 e. The SMILES string of the molecule is O=C(C1CCC(O)CC1)N1CCN2[C@@H](COC[C@@H]2c2ccccc2)C1. The van der Waals surface area contributed by atoms with Crippen molar-refractivity contribution in [1.82, 2.24) is 9.80 Å². The summed E-state index contributed by atoms with van der Waals surface area (Å²) in [4.78, 5) is 17.4. The van der Waals surface area contributed by atoms with E-state index in [1.807, 2.05) is 11.0 Å². The van der Waals surface area contributed by atoms with Crippen LogP contribution in [-0.4, -0.2) is 65.8 Å². The summed E-state index contributed by atoms with van der Waals surface area (Å²) in [5, 5.41) is 9.66. The van der Waals surface area contributed by atoms with Gasteiger partial charge in [-0.25, -0.2) is 0 Å². The molecule has 5 heteroatoms. The fourth-order valence-electron chi connectivity index (χ4n) is 4.58. The molecule has 1 aromatic carbocycles. The summed E-state index contributed by atoms with van der Waals surface area (Å²) in [5.74, 6) is 0.387. The molecule has 1 aliphatic carbocycles. The largest absolute Gasteiger partial charge is 0.393 e. The van der Waals surface area contributed by atoms with Crippen LogP contribution in [-0.2, 0) is 9.53 Å². The van der Waals surface area contributed by atoms with Crippen molar-refractivity contribution in [3.63, 3.8) is 0 Å². The van der Waals surface area contributed by atoms with Crippen molar-refractivity contribution < 1.29 is 14.6 Å². The number of ether oxygens (including phenoxy) is 1. The van der Waals surface area contributed by atoms with Crippen molar-refractivity contribution in [1.29, 1.82) is 0 Å². The Balaban J connectivity index is 1.40. The predicted octanol–water partition coefficient (Wildman–Crippen LogP) is 1.82. The molecule has 1 saturated carbocycles. The van der Waals surface area contributed by atoms with E-state index in [2.05, 4.69) is 29.2 Å². The van der Waals surface area contributed by atoms with Crippen LogP contribution in [0.25, 0.3) is 0 Å². The van der Waals surface area contributed by atoms with E-state index in [1.54, 1.807) is 0 Å². The molecule has 0 spiro atoms. The lowest BCUT2D eigenvalue weighted by atomic mass is 9.86. The lowest BCUT2D eigenvalue weighted by Crippen LogP contribution is -2.60. The van der Waals surface area contributed by atoms with E-state index in [1.165, 1.54) is 5.56 Å². The van der Waals surface area contributed by atoms with Gasteiger partial charge in [-0.3, -0.25) is 9.69 Å². The maximum absolute atomic E-state index is 12.9. The fourth-order valence-corrected chi connectivity index (χ4v) is 4.58. The summed E-state index contributed by atoms with van der Waals surface area (Å²) in [6.45, 7) is 3.92. The standard InChI is InChI=1S/C20H28N2O3/c23-18-8-6-16(7-9-18)20(24)21-10-11-22-17(12-21)13-25-14-19(22)15-4-2-1-3-5-15/h1-5,16-19,23H,6-14H2/t16?,17-,18?,19-/m1/s1. The summed E-state index contributed by atoms with van der Waals surface area (Å²) in [7, 11) is 0. The quantitative estimate of drug-likeness (QED) is 0.889. The zero-order valence-corrected chi connectivity index (χ0v) is 14.7. The van der Waals surface area contributed by atoms with Crippen LogP contribution in [0, 0.1) is 5.92 Å². The smallest absolute Gasteiger partial charge is 0.225 e. The van der Waals surface area contributed by atoms with E-state index < -0.39 is 0 Å². The Bertz CT molecular complexity index is 586. The number of aliphatic hydroxyl groups is 1. The number of hydrogen-bond donors (Lipinski definition) is 1. The van der Waals surface area contributed by atoms with Gasteiger partial charge in [-0.1, -0.05) is 30.3 Å². The summed E-state index contributed by atoms with van der Waals surface area (Å²) < 4.78 is 5.88. The molecule has 0 radical (unpaired) electrons. The van der Waals surface area contributed by atoms with Gasteiger partial charge >= 0.3 is 0 Å². The maximum atomic E-state index is 12.9. The van der Waals surface area contributed by atoms with Gasteiger partial charge in [0.1, 0.15) is 0 Å². The average Bonchev–Trinajstić information content (AvgIpc) is 2.68. The minimum absolute atomic E-state index is 0.101. The monoisotopic (exact) mass is 344 g/mol. The molecular formula is C20H28N2O3. The molecular weight excluding hydrogens is 316 g/mol. The van der Waals surface area contributed by atoms with E-state index in [9.17, 15) is 9.90 Å². The van der Waals surface area contributed by atoms with Crippen molar-refractivity contribution in [2.24, 2.45) is 5.92 Å². The zero-order valence-electron chi connectivity index (χ0n) is 14.7. The van der Waals surface area contributed by atoms with Crippen molar-refractivity contribution in [3.8, 4) is 0 Å². The number of carbonyl (C=O) groups is 1. The highest BCUT2D eigenvalue weighted by atomic mass is 16.5. The molecule has 5 nitrogen and oxygen atoms in total. The molecule has 2 heterocycles. The van der Waals surface area contributed by atoms with E-state index in [0.717, 1.165) is 51.9 Å². The van der Waals surface area contributed by atoms with E-state index in [4.69, 9.17) is 4.74 Å². The molecule has 1 amide bonds. The fraction of sp³-hybridized carbons (Fsp3) is 0.650. The maximum Gasteiger partial charge on any atom is 0.225 e. The predicted molar refractivity (Wildman–Crippen MR) is 95.0 cm³/mol. The molecule has 4 rings (SSSR count). The highest BCUT2D eigenvalue weighted by molar-refractivity contribution is 5.79. The lowest BCUT2D eigenvalue weighted by Gasteiger charge is -2.48. The first kappa shape index (κ1) is 17.0. The molecule has 25 heavy (non-hydrogen) atoms. The number of rotatable bonds is 2. The second kappa shape index (κ2) is 7.44. The van der Waals surface area contributed by atoms with Crippen LogP contribution in [0.4, 0.5) is 0 Å². The summed E-state index contributed by atoms with van der Waals surface area (Å²) >= 11 is 0. The van der Waals surface area contributed by atoms with Crippen molar-refractivity contribution in [3.05, 3.63) is 35.9 Å². The third kappa shape index (κ3) is 3.59. The first-order valence-electron chi connectivity index (χ1n) is 9.57. The van der Waals surface area contributed by atoms with Gasteiger partial charge in [-0.15, -0.1) is 0 Å². The number of carbonyl (C=O) groups excluding carboxylic acids is 1. The number of aliphatic hydroxyl groups excluding tert-OH is 1. The second-order valence-electron chi connectivity index (χ2n) is 7.65. The van der Waals surface area contributed by atoms with Crippen LogP contribution in [0.1, 0.15) is 37.3 Å². The summed E-state index contributed by atoms with van der Waals surface area (Å²) in [5.41, 5.74) is 1.30. The first-order valence-corrected chi connectivity index (χ1v) is 9.57. The van der Waals surface area contributed by atoms with E-state index >= 15 is 0 Å². The molecule has 2 saturated heterocycles. The highest BCUT2D eigenvalue weighted by Gasteiger charge is 2.39. The van der Waals surface area contributed by atoms with Gasteiger partial charge in [0.2, 0.25) is 5.91 Å². The van der Waals surface area contributed by atoms with Gasteiger partial charge in [-0.2, -0.15) is 0 Å². The molecule has 3 fully saturated rings. The zero-order chi connectivity index (χ0) is 17.2. The average molecular weight is 344 g/mol. The second-order valence-corrected chi connectivity index (χ2v) is 7.65. The van der Waals surface area contributed by atoms with Crippen LogP contribution in [0.3, 0.4) is 0 Å². The van der Waals surface area contributed by atoms with E-state index in [0.29, 0.717) is 12.6 Å². The molecule has 1 N–H and O–H groups in total. The third-order valence-electron chi connectivity index (χ3n) is 6.06. The Morgan fingerprint density at radius 1 is 1.04 bits per heavy atom. The van der Waals surface area contributed by atoms with Gasteiger partial charge in [-0.05, 0) is 31.2 Å². The Morgan fingerprint density at radius 2 is 1.80 bits per heavy atom. The topological polar surface area (TPSA) is 53.0 Å². The number of fused-ring (bicyclic) bond motifs is 1. The molecule has 3 aliphatic rings. The van der Waals surface area contributed by atoms with Crippen LogP contribution >= 0.6 is 0 Å². The summed E-state index contributed by atoms with van der Waals surface area (Å²) in [6, 6.07) is 11.1. The third-order valence-corrected chi connectivity index (χ3v) is 6.06. The molecule has 0 unspecified atom stereocenters. The van der Waals surface area contributed by atoms with Gasteiger partial charge < -0.3 is 14.7 Å². The van der Waals surface area contributed by atoms with Crippen LogP contribution in [0.15, 0.2) is 30.3 Å². The van der Waals surface area contributed by atoms with Gasteiger partial charge in [0.15, 0.2) is 0 Å². The minimum atomic E-state index is -0.209. The Labute approximate surface area is 149 Å². The molecule has 2 aliphatic heterocycles. The number of benzene rings is 1. The number of hydrogen-bond acceptors (Lipinski definition) is 4. The van der Waals surface area contributed by atoms with Gasteiger partial charge in [0, 0.05) is 25.6 Å². The molecule has 0 aromatic heterocycles. The summed E-state index contributed by atoms with van der Waals surface area (Å²) in [6.07, 6.45) is 2.97. The van der Waals surface area contributed by atoms with Crippen LogP contribution < -0.4 is 0 Å². The number of amides is 1. The normalized spacial score (nSPS) is 33.7. The Hall–Kier alpha value is -1.43. The molecule has 136 valence electrons. The van der Waals surface area contributed by atoms with Crippen molar-refractivity contribution in [2.75, 3.05) is 32.8 Å². The highest BCUT2D eigenvalue weighted by Crippen LogP contribution is 2.31. The van der Waals surface area contributed by atoms with Gasteiger partial charge in [0.25, 0.3) is 0 Å². The number of piperazine rings is 1. The number of nitrogens with zero attached hydrogens (tertiary/aromatic N) is 2. The molecule has 0 bridgehead atoms. The first-order chi connectivity index (χ1) is 12.2. The van der Waals surface area contributed by atoms with Crippen molar-refractivity contribution in [2.45, 2.75) is 43.9 Å². The molecule has 2 atom stereocenters. The van der Waals surface area contributed by atoms with Crippen LogP contribution in [0.5, 0.6) is 0 Å². The van der Waals surface area contributed by atoms with Crippen molar-refractivity contribution >= 4 is 5.91 Å². The molecule has 1 aromatic rings.